The molecule has 1 aliphatic rings. The Morgan fingerprint density at radius 2 is 1.56 bits per heavy atom. The molecular formula is C27H26O7. The molecule has 0 amide bonds. The number of carbonyl (C=O) groups excluding carboxylic acids is 1. The molecule has 0 aliphatic carbocycles. The third-order valence-corrected chi connectivity index (χ3v) is 5.46. The minimum absolute atomic E-state index is 0.108. The fraction of sp³-hybridized carbons (Fsp3) is 0.222. The minimum Gasteiger partial charge on any atom is -0.493 e. The maximum absolute atomic E-state index is 13.4. The minimum atomic E-state index is -0.207. The van der Waals surface area contributed by atoms with Gasteiger partial charge in [0.2, 0.25) is 5.75 Å². The molecule has 176 valence electrons. The van der Waals surface area contributed by atoms with Crippen molar-refractivity contribution in [2.75, 3.05) is 35.0 Å². The first-order chi connectivity index (χ1) is 16.6. The quantitative estimate of drug-likeness (QED) is 0.438. The first kappa shape index (κ1) is 23.0. The van der Waals surface area contributed by atoms with Crippen LogP contribution in [0.1, 0.15) is 21.5 Å². The van der Waals surface area contributed by atoms with E-state index >= 15 is 0 Å². The van der Waals surface area contributed by atoms with Crippen LogP contribution in [0.3, 0.4) is 0 Å². The molecule has 0 radical (unpaired) electrons. The summed E-state index contributed by atoms with van der Waals surface area (Å²) < 4.78 is 33.6. The number of benzene rings is 3. The number of fused-ring (bicyclic) bond motifs is 1. The maximum Gasteiger partial charge on any atom is 0.204 e. The second kappa shape index (κ2) is 10.2. The Kier molecular flexibility index (Phi) is 6.92. The van der Waals surface area contributed by atoms with Crippen LogP contribution in [0.15, 0.2) is 60.2 Å². The van der Waals surface area contributed by atoms with Gasteiger partial charge in [0.25, 0.3) is 0 Å². The summed E-state index contributed by atoms with van der Waals surface area (Å²) in [5, 5.41) is 0. The summed E-state index contributed by atoms with van der Waals surface area (Å²) in [6.45, 7) is 0.502. The van der Waals surface area contributed by atoms with Crippen molar-refractivity contribution in [3.05, 3.63) is 76.9 Å². The van der Waals surface area contributed by atoms with E-state index in [0.29, 0.717) is 46.5 Å². The average Bonchev–Trinajstić information content (AvgIpc) is 2.88. The Bertz CT molecular complexity index is 1220. The molecule has 0 unspecified atom stereocenters. The van der Waals surface area contributed by atoms with Crippen molar-refractivity contribution >= 4 is 11.9 Å². The van der Waals surface area contributed by atoms with E-state index < -0.39 is 0 Å². The standard InChI is InChI=1S/C27H26O7/c1-29-20-11-10-18(13-21(20)33-15-17-8-6-5-7-9-17)12-19-16-34-22-14-23(30-2)26(31-3)27(32-4)24(22)25(19)28/h5-14H,15-16H2,1-4H3/b19-12+. The third-order valence-electron chi connectivity index (χ3n) is 5.46. The van der Waals surface area contributed by atoms with E-state index in [1.54, 1.807) is 19.3 Å². The first-order valence-electron chi connectivity index (χ1n) is 10.6. The van der Waals surface area contributed by atoms with Crippen molar-refractivity contribution in [1.82, 2.24) is 0 Å². The molecule has 1 aliphatic heterocycles. The molecule has 7 nitrogen and oxygen atoms in total. The van der Waals surface area contributed by atoms with Crippen LogP contribution in [0.4, 0.5) is 0 Å². The van der Waals surface area contributed by atoms with E-state index in [1.165, 1.54) is 21.3 Å². The van der Waals surface area contributed by atoms with Crippen LogP contribution in [0.25, 0.3) is 6.08 Å². The number of hydrogen-bond donors (Lipinski definition) is 0. The summed E-state index contributed by atoms with van der Waals surface area (Å²) in [6, 6.07) is 17.0. The van der Waals surface area contributed by atoms with Gasteiger partial charge in [-0.05, 0) is 29.3 Å². The van der Waals surface area contributed by atoms with Gasteiger partial charge >= 0.3 is 0 Å². The summed E-state index contributed by atoms with van der Waals surface area (Å²) in [4.78, 5) is 13.4. The fourth-order valence-corrected chi connectivity index (χ4v) is 3.78. The van der Waals surface area contributed by atoms with Gasteiger partial charge in [0.1, 0.15) is 24.5 Å². The largest absolute Gasteiger partial charge is 0.493 e. The molecule has 3 aromatic carbocycles. The van der Waals surface area contributed by atoms with Crippen LogP contribution in [0, 0.1) is 0 Å². The molecule has 0 saturated heterocycles. The van der Waals surface area contributed by atoms with Gasteiger partial charge in [0, 0.05) is 11.6 Å². The lowest BCUT2D eigenvalue weighted by atomic mass is 9.96. The topological polar surface area (TPSA) is 72.5 Å². The Morgan fingerprint density at radius 3 is 2.24 bits per heavy atom. The van der Waals surface area contributed by atoms with Crippen LogP contribution < -0.4 is 28.4 Å². The van der Waals surface area contributed by atoms with Crippen LogP contribution in [0.2, 0.25) is 0 Å². The number of Topliss-reactive ketones (excluding diaryl/α,β-unsaturated/α-hetero) is 1. The highest BCUT2D eigenvalue weighted by Crippen LogP contribution is 2.47. The van der Waals surface area contributed by atoms with Crippen LogP contribution in [-0.4, -0.2) is 40.8 Å². The van der Waals surface area contributed by atoms with Crippen molar-refractivity contribution in [3.63, 3.8) is 0 Å². The Hall–Kier alpha value is -4.13. The van der Waals surface area contributed by atoms with Crippen molar-refractivity contribution in [3.8, 4) is 34.5 Å². The van der Waals surface area contributed by atoms with Crippen LogP contribution in [0.5, 0.6) is 34.5 Å². The summed E-state index contributed by atoms with van der Waals surface area (Å²) in [5.74, 6) is 2.40. The number of methoxy groups -OCH3 is 4. The lowest BCUT2D eigenvalue weighted by molar-refractivity contribution is 0.0996. The van der Waals surface area contributed by atoms with Crippen molar-refractivity contribution in [2.45, 2.75) is 6.61 Å². The van der Waals surface area contributed by atoms with E-state index in [4.69, 9.17) is 28.4 Å². The molecule has 0 saturated carbocycles. The molecule has 34 heavy (non-hydrogen) atoms. The third kappa shape index (κ3) is 4.50. The SMILES string of the molecule is COc1ccc(/C=C2\COc3cc(OC)c(OC)c(OC)c3C2=O)cc1OCc1ccccc1. The Labute approximate surface area is 198 Å². The molecule has 3 aromatic rings. The van der Waals surface area contributed by atoms with Gasteiger partial charge in [-0.2, -0.15) is 0 Å². The zero-order valence-electron chi connectivity index (χ0n) is 19.5. The van der Waals surface area contributed by atoms with Gasteiger partial charge in [-0.15, -0.1) is 0 Å². The van der Waals surface area contributed by atoms with Crippen molar-refractivity contribution in [1.29, 1.82) is 0 Å². The number of carbonyl (C=O) groups is 1. The van der Waals surface area contributed by atoms with E-state index in [-0.39, 0.29) is 18.1 Å². The highest BCUT2D eigenvalue weighted by molar-refractivity contribution is 6.16. The fourth-order valence-electron chi connectivity index (χ4n) is 3.78. The van der Waals surface area contributed by atoms with Crippen LogP contribution >= 0.6 is 0 Å². The van der Waals surface area contributed by atoms with Gasteiger partial charge in [-0.25, -0.2) is 0 Å². The predicted molar refractivity (Wildman–Crippen MR) is 128 cm³/mol. The molecule has 0 N–H and O–H groups in total. The van der Waals surface area contributed by atoms with Crippen LogP contribution in [-0.2, 0) is 6.61 Å². The second-order valence-electron chi connectivity index (χ2n) is 7.49. The monoisotopic (exact) mass is 462 g/mol. The highest BCUT2D eigenvalue weighted by atomic mass is 16.5. The summed E-state index contributed by atoms with van der Waals surface area (Å²) in [7, 11) is 6.07. The zero-order chi connectivity index (χ0) is 24.1. The first-order valence-corrected chi connectivity index (χ1v) is 10.6. The zero-order valence-corrected chi connectivity index (χ0v) is 19.5. The van der Waals surface area contributed by atoms with E-state index in [1.807, 2.05) is 48.5 Å². The van der Waals surface area contributed by atoms with Gasteiger partial charge in [-0.3, -0.25) is 4.79 Å². The molecular weight excluding hydrogens is 436 g/mol. The lowest BCUT2D eigenvalue weighted by Gasteiger charge is -2.23. The predicted octanol–water partition coefficient (Wildman–Crippen LogP) is 4.96. The van der Waals surface area contributed by atoms with Gasteiger partial charge < -0.3 is 28.4 Å². The highest BCUT2D eigenvalue weighted by Gasteiger charge is 2.32. The molecule has 4 rings (SSSR count). The molecule has 0 aromatic heterocycles. The molecule has 0 spiro atoms. The maximum atomic E-state index is 13.4. The number of rotatable bonds is 8. The number of ether oxygens (including phenoxy) is 6. The summed E-state index contributed by atoms with van der Waals surface area (Å²) in [6.07, 6.45) is 1.77. The molecule has 7 heteroatoms. The van der Waals surface area contributed by atoms with Gasteiger partial charge in [0.15, 0.2) is 28.8 Å². The lowest BCUT2D eigenvalue weighted by Crippen LogP contribution is -2.20. The second-order valence-corrected chi connectivity index (χ2v) is 7.49. The molecule has 0 fully saturated rings. The van der Waals surface area contributed by atoms with Gasteiger partial charge in [-0.1, -0.05) is 36.4 Å². The number of hydrogen-bond acceptors (Lipinski definition) is 7. The molecule has 0 atom stereocenters. The smallest absolute Gasteiger partial charge is 0.204 e. The normalized spacial score (nSPS) is 13.6. The van der Waals surface area contributed by atoms with Crippen molar-refractivity contribution < 1.29 is 33.2 Å². The Morgan fingerprint density at radius 1 is 0.824 bits per heavy atom. The van der Waals surface area contributed by atoms with Crippen molar-refractivity contribution in [2.24, 2.45) is 0 Å². The Balaban J connectivity index is 1.66. The average molecular weight is 462 g/mol. The molecule has 1 heterocycles. The summed E-state index contributed by atoms with van der Waals surface area (Å²) in [5.41, 5.74) is 2.58. The molecule has 0 bridgehead atoms. The van der Waals surface area contributed by atoms with E-state index in [2.05, 4.69) is 0 Å². The van der Waals surface area contributed by atoms with E-state index in [9.17, 15) is 4.79 Å². The van der Waals surface area contributed by atoms with Gasteiger partial charge in [0.05, 0.1) is 28.4 Å². The summed E-state index contributed by atoms with van der Waals surface area (Å²) >= 11 is 0. The number of ketones is 1. The van der Waals surface area contributed by atoms with E-state index in [0.717, 1.165) is 11.1 Å².